The largest absolute Gasteiger partial charge is 0.381 e. The number of aromatic nitrogens is 1. The standard InChI is InChI=1S/C16H16FN3.2ClH/c17-11-3-4-15-13(8-11)14-10-20(7-5-16(14)19-15)12-2-1-6-18-9-12;;/h1-4,6,8-9,14,16,19H,5,7,10H2;2*1H/t14-,16+;;/m0../s1. The van der Waals surface area contributed by atoms with Gasteiger partial charge in [-0.3, -0.25) is 4.98 Å². The molecule has 1 N–H and O–H groups in total. The molecule has 1 fully saturated rings. The molecule has 2 aromatic rings. The highest BCUT2D eigenvalue weighted by Crippen LogP contribution is 2.41. The summed E-state index contributed by atoms with van der Waals surface area (Å²) in [6.07, 6.45) is 4.75. The van der Waals surface area contributed by atoms with Gasteiger partial charge in [0.05, 0.1) is 11.9 Å². The number of hydrogen-bond acceptors (Lipinski definition) is 3. The molecule has 6 heteroatoms. The van der Waals surface area contributed by atoms with E-state index >= 15 is 0 Å². The van der Waals surface area contributed by atoms with Gasteiger partial charge in [0.1, 0.15) is 5.82 Å². The molecule has 2 aliphatic heterocycles. The lowest BCUT2D eigenvalue weighted by Gasteiger charge is -2.36. The van der Waals surface area contributed by atoms with Crippen molar-refractivity contribution in [3.05, 3.63) is 54.1 Å². The molecule has 3 nitrogen and oxygen atoms in total. The SMILES string of the molecule is Cl.Cl.Fc1ccc2c(c1)[C@@H]1CN(c3cccnc3)CC[C@H]1N2. The van der Waals surface area contributed by atoms with Crippen LogP contribution < -0.4 is 10.2 Å². The van der Waals surface area contributed by atoms with Gasteiger partial charge in [-0.25, -0.2) is 4.39 Å². The number of fused-ring (bicyclic) bond motifs is 3. The van der Waals surface area contributed by atoms with Gasteiger partial charge in [-0.15, -0.1) is 24.8 Å². The van der Waals surface area contributed by atoms with Crippen LogP contribution in [0.2, 0.25) is 0 Å². The van der Waals surface area contributed by atoms with Gasteiger partial charge in [0.15, 0.2) is 0 Å². The van der Waals surface area contributed by atoms with Gasteiger partial charge < -0.3 is 10.2 Å². The van der Waals surface area contributed by atoms with E-state index < -0.39 is 0 Å². The Morgan fingerprint density at radius 3 is 2.86 bits per heavy atom. The predicted octanol–water partition coefficient (Wildman–Crippen LogP) is 3.85. The fourth-order valence-corrected chi connectivity index (χ4v) is 3.39. The van der Waals surface area contributed by atoms with Crippen LogP contribution in [0.1, 0.15) is 17.9 Å². The monoisotopic (exact) mass is 341 g/mol. The molecule has 2 aliphatic rings. The van der Waals surface area contributed by atoms with Crippen molar-refractivity contribution in [3.8, 4) is 0 Å². The van der Waals surface area contributed by atoms with E-state index in [4.69, 9.17) is 0 Å². The molecule has 1 aromatic carbocycles. The summed E-state index contributed by atoms with van der Waals surface area (Å²) < 4.78 is 13.5. The fourth-order valence-electron chi connectivity index (χ4n) is 3.39. The minimum absolute atomic E-state index is 0. The van der Waals surface area contributed by atoms with Crippen molar-refractivity contribution < 1.29 is 4.39 Å². The molecular formula is C16H18Cl2FN3. The van der Waals surface area contributed by atoms with Crippen LogP contribution in [0.3, 0.4) is 0 Å². The van der Waals surface area contributed by atoms with Gasteiger partial charge >= 0.3 is 0 Å². The smallest absolute Gasteiger partial charge is 0.123 e. The first-order valence-corrected chi connectivity index (χ1v) is 7.02. The lowest BCUT2D eigenvalue weighted by molar-refractivity contribution is 0.482. The maximum atomic E-state index is 13.5. The summed E-state index contributed by atoms with van der Waals surface area (Å²) in [5.41, 5.74) is 3.36. The molecule has 22 heavy (non-hydrogen) atoms. The van der Waals surface area contributed by atoms with Crippen LogP contribution in [-0.2, 0) is 0 Å². The molecule has 0 amide bonds. The van der Waals surface area contributed by atoms with Gasteiger partial charge in [0, 0.05) is 36.9 Å². The molecule has 1 aromatic heterocycles. The first-order chi connectivity index (χ1) is 9.81. The summed E-state index contributed by atoms with van der Waals surface area (Å²) in [7, 11) is 0. The van der Waals surface area contributed by atoms with Crippen LogP contribution in [-0.4, -0.2) is 24.1 Å². The average Bonchev–Trinajstić information content (AvgIpc) is 2.85. The van der Waals surface area contributed by atoms with E-state index in [-0.39, 0.29) is 30.6 Å². The zero-order valence-electron chi connectivity index (χ0n) is 11.9. The van der Waals surface area contributed by atoms with E-state index in [1.807, 2.05) is 18.3 Å². The number of rotatable bonds is 1. The number of anilines is 2. The number of halogens is 3. The molecule has 3 heterocycles. The summed E-state index contributed by atoms with van der Waals surface area (Å²) in [5.74, 6) is 0.208. The van der Waals surface area contributed by atoms with Crippen molar-refractivity contribution >= 4 is 36.2 Å². The van der Waals surface area contributed by atoms with E-state index in [1.54, 1.807) is 12.3 Å². The van der Waals surface area contributed by atoms with Crippen molar-refractivity contribution in [2.24, 2.45) is 0 Å². The van der Waals surface area contributed by atoms with Crippen molar-refractivity contribution in [1.29, 1.82) is 0 Å². The highest BCUT2D eigenvalue weighted by atomic mass is 35.5. The van der Waals surface area contributed by atoms with Gasteiger partial charge in [0.2, 0.25) is 0 Å². The normalized spacial score (nSPS) is 21.8. The minimum atomic E-state index is -0.148. The summed E-state index contributed by atoms with van der Waals surface area (Å²) >= 11 is 0. The zero-order chi connectivity index (χ0) is 13.5. The summed E-state index contributed by atoms with van der Waals surface area (Å²) in [5, 5.41) is 3.53. The quantitative estimate of drug-likeness (QED) is 0.853. The van der Waals surface area contributed by atoms with E-state index in [9.17, 15) is 4.39 Å². The van der Waals surface area contributed by atoms with Gasteiger partial charge in [-0.05, 0) is 42.3 Å². The van der Waals surface area contributed by atoms with Crippen molar-refractivity contribution in [3.63, 3.8) is 0 Å². The first-order valence-electron chi connectivity index (χ1n) is 7.02. The molecule has 0 aliphatic carbocycles. The Kier molecular flexibility index (Phi) is 5.14. The molecule has 0 spiro atoms. The van der Waals surface area contributed by atoms with Crippen LogP contribution in [0.15, 0.2) is 42.7 Å². The van der Waals surface area contributed by atoms with Crippen LogP contribution in [0.4, 0.5) is 15.8 Å². The predicted molar refractivity (Wildman–Crippen MR) is 92.1 cm³/mol. The summed E-state index contributed by atoms with van der Waals surface area (Å²) in [6, 6.07) is 9.54. The second kappa shape index (κ2) is 6.71. The van der Waals surface area contributed by atoms with Crippen LogP contribution >= 0.6 is 24.8 Å². The second-order valence-electron chi connectivity index (χ2n) is 5.53. The Labute approximate surface area is 141 Å². The lowest BCUT2D eigenvalue weighted by Crippen LogP contribution is -2.42. The molecular weight excluding hydrogens is 324 g/mol. The molecule has 0 saturated carbocycles. The molecule has 118 valence electrons. The van der Waals surface area contributed by atoms with Crippen LogP contribution in [0.25, 0.3) is 0 Å². The van der Waals surface area contributed by atoms with E-state index in [0.717, 1.165) is 36.4 Å². The number of nitrogens with one attached hydrogen (secondary N) is 1. The van der Waals surface area contributed by atoms with E-state index in [2.05, 4.69) is 21.3 Å². The van der Waals surface area contributed by atoms with Crippen LogP contribution in [0, 0.1) is 5.82 Å². The number of nitrogens with zero attached hydrogens (tertiary/aromatic N) is 2. The first kappa shape index (κ1) is 16.8. The summed E-state index contributed by atoms with van der Waals surface area (Å²) in [4.78, 5) is 6.53. The van der Waals surface area contributed by atoms with Gasteiger partial charge in [-0.1, -0.05) is 0 Å². The van der Waals surface area contributed by atoms with Crippen molar-refractivity contribution in [2.75, 3.05) is 23.3 Å². The topological polar surface area (TPSA) is 28.2 Å². The zero-order valence-corrected chi connectivity index (χ0v) is 13.5. The second-order valence-corrected chi connectivity index (χ2v) is 5.53. The molecule has 4 rings (SSSR count). The number of piperidine rings is 1. The Morgan fingerprint density at radius 1 is 1.23 bits per heavy atom. The third-order valence-electron chi connectivity index (χ3n) is 4.38. The van der Waals surface area contributed by atoms with Crippen LogP contribution in [0.5, 0.6) is 0 Å². The van der Waals surface area contributed by atoms with Gasteiger partial charge in [0.25, 0.3) is 0 Å². The Bertz CT molecular complexity index is 639. The number of benzene rings is 1. The van der Waals surface area contributed by atoms with Crippen molar-refractivity contribution in [1.82, 2.24) is 4.98 Å². The Balaban J connectivity index is 0.000000882. The minimum Gasteiger partial charge on any atom is -0.381 e. The molecule has 1 saturated heterocycles. The average molecular weight is 342 g/mol. The lowest BCUT2D eigenvalue weighted by atomic mass is 9.89. The molecule has 0 unspecified atom stereocenters. The highest BCUT2D eigenvalue weighted by Gasteiger charge is 2.37. The van der Waals surface area contributed by atoms with Crippen molar-refractivity contribution in [2.45, 2.75) is 18.4 Å². The highest BCUT2D eigenvalue weighted by molar-refractivity contribution is 5.85. The maximum absolute atomic E-state index is 13.5. The molecule has 0 bridgehead atoms. The third kappa shape index (κ3) is 2.85. The van der Waals surface area contributed by atoms with E-state index in [1.165, 1.54) is 6.07 Å². The summed E-state index contributed by atoms with van der Waals surface area (Å²) in [6.45, 7) is 1.93. The molecule has 2 atom stereocenters. The van der Waals surface area contributed by atoms with E-state index in [0.29, 0.717) is 12.0 Å². The fraction of sp³-hybridized carbons (Fsp3) is 0.312. The Morgan fingerprint density at radius 2 is 2.09 bits per heavy atom. The van der Waals surface area contributed by atoms with Gasteiger partial charge in [-0.2, -0.15) is 0 Å². The Hall–Kier alpha value is -1.52. The maximum Gasteiger partial charge on any atom is 0.123 e. The molecule has 0 radical (unpaired) electrons. The third-order valence-corrected chi connectivity index (χ3v) is 4.38. The number of hydrogen-bond donors (Lipinski definition) is 1. The number of pyridine rings is 1.